The molecule has 0 aliphatic heterocycles. The van der Waals surface area contributed by atoms with Crippen LogP contribution in [0.3, 0.4) is 0 Å². The molecule has 2 unspecified atom stereocenters. The molecule has 0 aliphatic rings. The van der Waals surface area contributed by atoms with Crippen LogP contribution in [-0.2, 0) is 0 Å². The SMILES string of the molecule is [N-]=[N+]=NCC(O)C(O)c1scnc1C(=O)O. The Kier molecular flexibility index (Phi) is 4.20. The van der Waals surface area contributed by atoms with Crippen molar-refractivity contribution in [2.24, 2.45) is 5.11 Å². The minimum atomic E-state index is -1.43. The van der Waals surface area contributed by atoms with Gasteiger partial charge in [0.2, 0.25) is 0 Å². The zero-order valence-corrected chi connectivity index (χ0v) is 8.70. The topological polar surface area (TPSA) is 139 Å². The third-order valence-corrected chi connectivity index (χ3v) is 2.66. The highest BCUT2D eigenvalue weighted by Crippen LogP contribution is 2.25. The number of hydrogen-bond acceptors (Lipinski definition) is 6. The number of aromatic carboxylic acids is 1. The molecule has 0 radical (unpaired) electrons. The van der Waals surface area contributed by atoms with Crippen molar-refractivity contribution in [1.82, 2.24) is 4.98 Å². The van der Waals surface area contributed by atoms with Crippen LogP contribution in [0.4, 0.5) is 0 Å². The molecule has 9 heteroatoms. The highest BCUT2D eigenvalue weighted by atomic mass is 32.1. The van der Waals surface area contributed by atoms with Crippen molar-refractivity contribution in [2.75, 3.05) is 6.54 Å². The van der Waals surface area contributed by atoms with E-state index in [9.17, 15) is 15.0 Å². The molecule has 0 saturated heterocycles. The van der Waals surface area contributed by atoms with Crippen molar-refractivity contribution in [2.45, 2.75) is 12.2 Å². The summed E-state index contributed by atoms with van der Waals surface area (Å²) in [6, 6.07) is 0. The second-order valence-electron chi connectivity index (χ2n) is 2.80. The fourth-order valence-electron chi connectivity index (χ4n) is 1.02. The Hall–Kier alpha value is -1.67. The number of aliphatic hydroxyl groups excluding tert-OH is 2. The van der Waals surface area contributed by atoms with Crippen molar-refractivity contribution in [1.29, 1.82) is 0 Å². The van der Waals surface area contributed by atoms with Crippen LogP contribution in [0.15, 0.2) is 10.6 Å². The number of hydrogen-bond donors (Lipinski definition) is 3. The molecule has 0 spiro atoms. The van der Waals surface area contributed by atoms with Gasteiger partial charge in [-0.15, -0.1) is 11.3 Å². The summed E-state index contributed by atoms with van der Waals surface area (Å²) in [5.74, 6) is -1.29. The summed E-state index contributed by atoms with van der Waals surface area (Å²) in [6.07, 6.45) is -2.78. The minimum absolute atomic E-state index is 0.0353. The molecule has 1 aromatic rings. The first kappa shape index (κ1) is 12.4. The van der Waals surface area contributed by atoms with E-state index in [0.29, 0.717) is 0 Å². The number of azide groups is 1. The lowest BCUT2D eigenvalue weighted by atomic mass is 10.1. The fourth-order valence-corrected chi connectivity index (χ4v) is 1.84. The third-order valence-electron chi connectivity index (χ3n) is 1.76. The number of carbonyl (C=O) groups is 1. The zero-order valence-electron chi connectivity index (χ0n) is 7.89. The van der Waals surface area contributed by atoms with E-state index in [0.717, 1.165) is 11.3 Å². The van der Waals surface area contributed by atoms with Gasteiger partial charge in [-0.2, -0.15) is 0 Å². The fraction of sp³-hybridized carbons (Fsp3) is 0.429. The van der Waals surface area contributed by atoms with Gasteiger partial charge in [0, 0.05) is 4.91 Å². The van der Waals surface area contributed by atoms with Crippen LogP contribution in [0.2, 0.25) is 0 Å². The first-order chi connectivity index (χ1) is 7.57. The average molecular weight is 244 g/mol. The Morgan fingerprint density at radius 3 is 2.94 bits per heavy atom. The molecule has 0 bridgehead atoms. The van der Waals surface area contributed by atoms with Crippen LogP contribution in [-0.4, -0.2) is 38.9 Å². The van der Waals surface area contributed by atoms with E-state index in [1.807, 2.05) is 0 Å². The van der Waals surface area contributed by atoms with Crippen LogP contribution in [0.25, 0.3) is 10.4 Å². The normalized spacial score (nSPS) is 13.9. The predicted molar refractivity (Wildman–Crippen MR) is 54.1 cm³/mol. The molecule has 0 fully saturated rings. The Balaban J connectivity index is 2.86. The summed E-state index contributed by atoms with van der Waals surface area (Å²) in [7, 11) is 0. The van der Waals surface area contributed by atoms with Gasteiger partial charge in [0.05, 0.1) is 23.0 Å². The van der Waals surface area contributed by atoms with Gasteiger partial charge in [0.1, 0.15) is 6.10 Å². The zero-order chi connectivity index (χ0) is 12.1. The summed E-state index contributed by atoms with van der Waals surface area (Å²) in [5.41, 5.74) is 8.98. The number of aliphatic hydroxyl groups is 2. The maximum atomic E-state index is 10.7. The van der Waals surface area contributed by atoms with Gasteiger partial charge < -0.3 is 15.3 Å². The van der Waals surface area contributed by atoms with Crippen LogP contribution in [0.1, 0.15) is 21.5 Å². The third kappa shape index (κ3) is 2.67. The largest absolute Gasteiger partial charge is 0.476 e. The molecule has 86 valence electrons. The molecule has 0 saturated carbocycles. The standard InChI is InChI=1S/C7H8N4O4S/c8-11-10-1-3(12)5(13)6-4(7(14)15)9-2-16-6/h2-3,5,12-13H,1H2,(H,14,15). The molecule has 0 amide bonds. The number of carboxylic acid groups (broad SMARTS) is 1. The molecular weight excluding hydrogens is 236 g/mol. The van der Waals surface area contributed by atoms with E-state index in [1.165, 1.54) is 5.51 Å². The van der Waals surface area contributed by atoms with E-state index in [1.54, 1.807) is 0 Å². The number of nitrogens with zero attached hydrogens (tertiary/aromatic N) is 4. The van der Waals surface area contributed by atoms with Gasteiger partial charge in [0.15, 0.2) is 5.69 Å². The molecule has 8 nitrogen and oxygen atoms in total. The quantitative estimate of drug-likeness (QED) is 0.394. The molecule has 0 aliphatic carbocycles. The molecule has 0 aromatic carbocycles. The number of rotatable bonds is 5. The van der Waals surface area contributed by atoms with E-state index < -0.39 is 18.2 Å². The lowest BCUT2D eigenvalue weighted by Gasteiger charge is -2.14. The van der Waals surface area contributed by atoms with Crippen molar-refractivity contribution >= 4 is 17.3 Å². The van der Waals surface area contributed by atoms with Crippen LogP contribution in [0.5, 0.6) is 0 Å². The molecule has 1 rings (SSSR count). The average Bonchev–Trinajstić information content (AvgIpc) is 2.73. The Morgan fingerprint density at radius 1 is 1.69 bits per heavy atom. The molecule has 1 heterocycles. The van der Waals surface area contributed by atoms with Crippen LogP contribution in [0, 0.1) is 0 Å². The second kappa shape index (κ2) is 5.42. The monoisotopic (exact) mass is 244 g/mol. The van der Waals surface area contributed by atoms with Gasteiger partial charge in [0.25, 0.3) is 0 Å². The lowest BCUT2D eigenvalue weighted by Crippen LogP contribution is -2.22. The number of aromatic nitrogens is 1. The first-order valence-corrected chi connectivity index (χ1v) is 4.99. The van der Waals surface area contributed by atoms with Crippen LogP contribution >= 0.6 is 11.3 Å². The van der Waals surface area contributed by atoms with E-state index in [2.05, 4.69) is 15.0 Å². The lowest BCUT2D eigenvalue weighted by molar-refractivity contribution is 0.0253. The minimum Gasteiger partial charge on any atom is -0.476 e. The van der Waals surface area contributed by atoms with Gasteiger partial charge in [-0.3, -0.25) is 0 Å². The highest BCUT2D eigenvalue weighted by Gasteiger charge is 2.25. The maximum Gasteiger partial charge on any atom is 0.355 e. The summed E-state index contributed by atoms with van der Waals surface area (Å²) < 4.78 is 0. The maximum absolute atomic E-state index is 10.7. The summed E-state index contributed by atoms with van der Waals surface area (Å²) in [6.45, 7) is -0.339. The van der Waals surface area contributed by atoms with Gasteiger partial charge in [-0.25, -0.2) is 9.78 Å². The van der Waals surface area contributed by atoms with Gasteiger partial charge >= 0.3 is 5.97 Å². The van der Waals surface area contributed by atoms with Gasteiger partial charge in [-0.1, -0.05) is 5.11 Å². The Morgan fingerprint density at radius 2 is 2.38 bits per heavy atom. The number of carboxylic acids is 1. The Bertz CT molecular complexity index is 428. The van der Waals surface area contributed by atoms with E-state index in [-0.39, 0.29) is 17.1 Å². The van der Waals surface area contributed by atoms with E-state index in [4.69, 9.17) is 10.6 Å². The van der Waals surface area contributed by atoms with Crippen molar-refractivity contribution in [3.8, 4) is 0 Å². The number of thiazole rings is 1. The van der Waals surface area contributed by atoms with Crippen molar-refractivity contribution in [3.63, 3.8) is 0 Å². The predicted octanol–water partition coefficient (Wildman–Crippen LogP) is 0.546. The molecule has 1 aromatic heterocycles. The summed E-state index contributed by atoms with van der Waals surface area (Å²) in [4.78, 5) is 16.7. The van der Waals surface area contributed by atoms with Crippen LogP contribution < -0.4 is 0 Å². The summed E-state index contributed by atoms with van der Waals surface area (Å²) >= 11 is 0.911. The first-order valence-electron chi connectivity index (χ1n) is 4.11. The van der Waals surface area contributed by atoms with Gasteiger partial charge in [-0.05, 0) is 5.53 Å². The van der Waals surface area contributed by atoms with E-state index >= 15 is 0 Å². The molecular formula is C7H8N4O4S. The van der Waals surface area contributed by atoms with Crippen molar-refractivity contribution in [3.05, 3.63) is 26.5 Å². The molecule has 3 N–H and O–H groups in total. The Labute approximate surface area is 93.4 Å². The molecule has 16 heavy (non-hydrogen) atoms. The smallest absolute Gasteiger partial charge is 0.355 e. The second-order valence-corrected chi connectivity index (χ2v) is 3.68. The van der Waals surface area contributed by atoms with Crippen molar-refractivity contribution < 1.29 is 20.1 Å². The molecule has 2 atom stereocenters. The summed E-state index contributed by atoms with van der Waals surface area (Å²) in [5, 5.41) is 30.8. The highest BCUT2D eigenvalue weighted by molar-refractivity contribution is 7.10.